The largest absolute Gasteiger partial charge is 0.252 e. The average Bonchev–Trinajstić information content (AvgIpc) is 3.17. The summed E-state index contributed by atoms with van der Waals surface area (Å²) in [4.78, 5) is 5.30. The van der Waals surface area contributed by atoms with Crippen LogP contribution < -0.4 is 20.7 Å². The third-order valence-electron chi connectivity index (χ3n) is 10.4. The normalized spacial score (nSPS) is 17.2. The van der Waals surface area contributed by atoms with E-state index in [0.29, 0.717) is 5.92 Å². The van der Waals surface area contributed by atoms with Crippen molar-refractivity contribution in [3.63, 3.8) is 0 Å². The van der Waals surface area contributed by atoms with Gasteiger partial charge in [-0.25, -0.2) is 0 Å². The number of nitrogens with zero attached hydrogens (tertiary/aromatic N) is 1. The van der Waals surface area contributed by atoms with Crippen LogP contribution in [0.4, 0.5) is 5.69 Å². The Morgan fingerprint density at radius 3 is 1.73 bits per heavy atom. The molecule has 49 heavy (non-hydrogen) atoms. The highest BCUT2D eigenvalue weighted by Gasteiger charge is 2.41. The first-order valence-electron chi connectivity index (χ1n) is 17.7. The summed E-state index contributed by atoms with van der Waals surface area (Å²) in [7, 11) is -2.56. The lowest BCUT2D eigenvalue weighted by atomic mass is 9.82. The average molecular weight is 648 g/mol. The molecule has 1 atom stereocenters. The molecule has 1 nitrogen and oxygen atoms in total. The Kier molecular flexibility index (Phi) is 8.88. The van der Waals surface area contributed by atoms with Crippen LogP contribution in [0.3, 0.4) is 0 Å². The number of hydrogen-bond acceptors (Lipinski definition) is 1. The number of para-hydroxylation sites is 1. The third kappa shape index (κ3) is 6.09. The molecule has 0 fully saturated rings. The van der Waals surface area contributed by atoms with Crippen LogP contribution in [-0.2, 0) is 12.8 Å². The summed E-state index contributed by atoms with van der Waals surface area (Å²) in [5.41, 5.74) is 8.96. The van der Waals surface area contributed by atoms with E-state index in [0.717, 1.165) is 37.8 Å². The molecular weight excluding hydrogens is 607 g/mol. The van der Waals surface area contributed by atoms with E-state index in [9.17, 15) is 0 Å². The lowest BCUT2D eigenvalue weighted by molar-refractivity contribution is 0.586. The molecule has 1 unspecified atom stereocenters. The number of aliphatic imine (C=N–C) groups is 1. The fourth-order valence-electron chi connectivity index (χ4n) is 8.01. The predicted octanol–water partition coefficient (Wildman–Crippen LogP) is 8.72. The van der Waals surface area contributed by atoms with Gasteiger partial charge in [-0.1, -0.05) is 176 Å². The second-order valence-corrected chi connectivity index (χ2v) is 17.1. The standard InChI is InChI=1S/C47H41NSi/c1-5-17-36(29-30-38-18-13-15-27-45(38)47-40(20-6-1)35-39-19-14-16-28-46(39)48-47)37-31-33-44(34-32-37)49(41-21-7-2-8-22-41,42-23-9-3-10-24-42)43-25-11-4-12-26-43/h2-5,7-19,21-29,31-34,40H,1,6,20,30,35H2/b17-5?,36-29+. The Hall–Kier alpha value is -5.31. The van der Waals surface area contributed by atoms with Crippen molar-refractivity contribution in [2.45, 2.75) is 32.1 Å². The van der Waals surface area contributed by atoms with E-state index in [1.165, 1.54) is 54.3 Å². The van der Waals surface area contributed by atoms with Gasteiger partial charge in [0.2, 0.25) is 0 Å². The van der Waals surface area contributed by atoms with E-state index in [-0.39, 0.29) is 0 Å². The Morgan fingerprint density at radius 2 is 1.08 bits per heavy atom. The number of hydrogen-bond donors (Lipinski definition) is 0. The van der Waals surface area contributed by atoms with Crippen LogP contribution in [0.15, 0.2) is 187 Å². The lowest BCUT2D eigenvalue weighted by Gasteiger charge is -2.34. The van der Waals surface area contributed by atoms with Gasteiger partial charge in [0.05, 0.1) is 11.4 Å². The summed E-state index contributed by atoms with van der Waals surface area (Å²) in [6, 6.07) is 60.7. The van der Waals surface area contributed by atoms with Crippen molar-refractivity contribution >= 4 is 45.8 Å². The Morgan fingerprint density at radius 1 is 0.531 bits per heavy atom. The maximum absolute atomic E-state index is 5.30. The summed E-state index contributed by atoms with van der Waals surface area (Å²) in [5, 5.41) is 5.58. The second kappa shape index (κ2) is 14.0. The number of rotatable bonds is 5. The molecule has 6 aromatic carbocycles. The van der Waals surface area contributed by atoms with E-state index >= 15 is 0 Å². The minimum atomic E-state index is -2.56. The molecule has 6 aromatic rings. The molecule has 1 aliphatic heterocycles. The number of allylic oxidation sites excluding steroid dienone is 4. The molecule has 0 amide bonds. The van der Waals surface area contributed by atoms with Gasteiger partial charge >= 0.3 is 0 Å². The topological polar surface area (TPSA) is 12.4 Å². The number of benzene rings is 6. The van der Waals surface area contributed by atoms with Crippen LogP contribution in [-0.4, -0.2) is 13.8 Å². The first kappa shape index (κ1) is 31.0. The second-order valence-electron chi connectivity index (χ2n) is 13.3. The van der Waals surface area contributed by atoms with Crippen molar-refractivity contribution < 1.29 is 0 Å². The van der Waals surface area contributed by atoms with Crippen LogP contribution in [0, 0.1) is 5.92 Å². The molecule has 8 rings (SSSR count). The first-order valence-corrected chi connectivity index (χ1v) is 19.7. The lowest BCUT2D eigenvalue weighted by Crippen LogP contribution is -2.74. The fraction of sp³-hybridized carbons (Fsp3) is 0.128. The minimum absolute atomic E-state index is 0.447. The Labute approximate surface area is 292 Å². The predicted molar refractivity (Wildman–Crippen MR) is 211 cm³/mol. The molecule has 0 bridgehead atoms. The maximum Gasteiger partial charge on any atom is 0.179 e. The first-order chi connectivity index (χ1) is 24.3. The summed E-state index contributed by atoms with van der Waals surface area (Å²) in [5.74, 6) is 0.447. The highest BCUT2D eigenvalue weighted by Crippen LogP contribution is 2.34. The van der Waals surface area contributed by atoms with Gasteiger partial charge in [0.25, 0.3) is 0 Å². The molecule has 0 saturated carbocycles. The molecule has 0 radical (unpaired) electrons. The van der Waals surface area contributed by atoms with E-state index < -0.39 is 8.07 Å². The van der Waals surface area contributed by atoms with Gasteiger partial charge in [-0.05, 0) is 86.7 Å². The zero-order chi connectivity index (χ0) is 32.9. The molecule has 2 heteroatoms. The monoisotopic (exact) mass is 647 g/mol. The molecule has 1 heterocycles. The highest BCUT2D eigenvalue weighted by molar-refractivity contribution is 7.19. The summed E-state index contributed by atoms with van der Waals surface area (Å²) in [6.07, 6.45) is 12.5. The van der Waals surface area contributed by atoms with E-state index in [2.05, 4.69) is 182 Å². The zero-order valence-corrected chi connectivity index (χ0v) is 28.9. The highest BCUT2D eigenvalue weighted by atomic mass is 28.3. The van der Waals surface area contributed by atoms with Gasteiger partial charge in [0.1, 0.15) is 0 Å². The molecule has 238 valence electrons. The number of fused-ring (bicyclic) bond motifs is 4. The molecule has 0 N–H and O–H groups in total. The van der Waals surface area contributed by atoms with Crippen molar-refractivity contribution in [3.05, 3.63) is 204 Å². The zero-order valence-electron chi connectivity index (χ0n) is 27.9. The Bertz CT molecular complexity index is 2030. The van der Waals surface area contributed by atoms with Gasteiger partial charge in [0.15, 0.2) is 8.07 Å². The summed E-state index contributed by atoms with van der Waals surface area (Å²) in [6.45, 7) is 0. The van der Waals surface area contributed by atoms with Crippen molar-refractivity contribution in [1.29, 1.82) is 0 Å². The van der Waals surface area contributed by atoms with Crippen molar-refractivity contribution in [2.24, 2.45) is 10.9 Å². The molecule has 0 saturated heterocycles. The van der Waals surface area contributed by atoms with Gasteiger partial charge < -0.3 is 0 Å². The van der Waals surface area contributed by atoms with Gasteiger partial charge in [-0.3, -0.25) is 4.99 Å². The van der Waals surface area contributed by atoms with Crippen LogP contribution in [0.25, 0.3) is 5.57 Å². The third-order valence-corrected chi connectivity index (χ3v) is 15.2. The quantitative estimate of drug-likeness (QED) is 0.131. The molecule has 2 aliphatic rings. The molecule has 1 aliphatic carbocycles. The summed E-state index contributed by atoms with van der Waals surface area (Å²) >= 11 is 0. The minimum Gasteiger partial charge on any atom is -0.252 e. The summed E-state index contributed by atoms with van der Waals surface area (Å²) < 4.78 is 0. The fourth-order valence-corrected chi connectivity index (χ4v) is 12.8. The van der Waals surface area contributed by atoms with Crippen molar-refractivity contribution in [3.8, 4) is 0 Å². The van der Waals surface area contributed by atoms with Gasteiger partial charge in [-0.15, -0.1) is 0 Å². The molecule has 0 spiro atoms. The van der Waals surface area contributed by atoms with E-state index in [1.807, 2.05) is 0 Å². The van der Waals surface area contributed by atoms with Crippen LogP contribution in [0.1, 0.15) is 41.5 Å². The van der Waals surface area contributed by atoms with E-state index in [1.54, 1.807) is 0 Å². The van der Waals surface area contributed by atoms with Gasteiger partial charge in [0, 0.05) is 5.92 Å². The van der Waals surface area contributed by atoms with Crippen LogP contribution in [0.2, 0.25) is 0 Å². The molecule has 0 aromatic heterocycles. The van der Waals surface area contributed by atoms with Gasteiger partial charge in [-0.2, -0.15) is 0 Å². The SMILES string of the molecule is C1=C/C(c2ccc([Si](c3ccccc3)(c3ccccc3)c3ccccc3)cc2)=C\Cc2ccccc2C2=Nc3ccccc3CC2CCC1. The molecular formula is C47H41NSi. The maximum atomic E-state index is 5.30. The Balaban J connectivity index is 1.21. The van der Waals surface area contributed by atoms with Crippen LogP contribution in [0.5, 0.6) is 0 Å². The van der Waals surface area contributed by atoms with Crippen molar-refractivity contribution in [1.82, 2.24) is 0 Å². The van der Waals surface area contributed by atoms with E-state index in [4.69, 9.17) is 4.99 Å². The van der Waals surface area contributed by atoms with Crippen LogP contribution >= 0.6 is 0 Å². The van der Waals surface area contributed by atoms with Crippen molar-refractivity contribution in [2.75, 3.05) is 0 Å². The smallest absolute Gasteiger partial charge is 0.179 e.